The monoisotopic (exact) mass is 287 g/mol. The Balaban J connectivity index is 1.99. The van der Waals surface area contributed by atoms with Gasteiger partial charge in [0.1, 0.15) is 0 Å². The maximum absolute atomic E-state index is 11.7. The molecule has 102 valence electrons. The average molecular weight is 287 g/mol. The van der Waals surface area contributed by atoms with Gasteiger partial charge in [-0.1, -0.05) is 18.2 Å². The summed E-state index contributed by atoms with van der Waals surface area (Å²) in [6, 6.07) is 10.6. The van der Waals surface area contributed by atoms with Crippen LogP contribution in [-0.4, -0.2) is 17.0 Å². The van der Waals surface area contributed by atoms with Gasteiger partial charge in [-0.3, -0.25) is 9.59 Å². The van der Waals surface area contributed by atoms with Gasteiger partial charge >= 0.3 is 5.97 Å². The van der Waals surface area contributed by atoms with E-state index < -0.39 is 5.97 Å². The number of benzene rings is 1. The van der Waals surface area contributed by atoms with E-state index in [4.69, 9.17) is 5.11 Å². The second kappa shape index (κ2) is 6.68. The van der Waals surface area contributed by atoms with Gasteiger partial charge in [-0.2, -0.15) is 0 Å². The normalized spacial score (nSPS) is 10.6. The average Bonchev–Trinajstić information content (AvgIpc) is 2.89. The molecule has 1 amide bonds. The van der Waals surface area contributed by atoms with E-state index >= 15 is 0 Å². The summed E-state index contributed by atoms with van der Waals surface area (Å²) in [5, 5.41) is 13.4. The molecule has 0 unspecified atom stereocenters. The smallest absolute Gasteiger partial charge is 0.307 e. The molecule has 0 atom stereocenters. The third-order valence-corrected chi connectivity index (χ3v) is 3.33. The molecule has 0 spiro atoms. The largest absolute Gasteiger partial charge is 0.481 e. The number of aliphatic carboxylic acids is 1. The van der Waals surface area contributed by atoms with Gasteiger partial charge in [0.25, 0.3) is 0 Å². The molecule has 5 heteroatoms. The van der Waals surface area contributed by atoms with Crippen LogP contribution in [0.4, 0.5) is 5.69 Å². The van der Waals surface area contributed by atoms with Crippen molar-refractivity contribution in [2.24, 2.45) is 0 Å². The zero-order valence-corrected chi connectivity index (χ0v) is 11.4. The van der Waals surface area contributed by atoms with Crippen molar-refractivity contribution in [2.45, 2.75) is 6.42 Å². The van der Waals surface area contributed by atoms with Crippen LogP contribution < -0.4 is 5.32 Å². The van der Waals surface area contributed by atoms with Crippen molar-refractivity contribution in [1.82, 2.24) is 0 Å². The topological polar surface area (TPSA) is 66.4 Å². The number of rotatable bonds is 5. The van der Waals surface area contributed by atoms with Crippen LogP contribution in [0, 0.1) is 0 Å². The lowest BCUT2D eigenvalue weighted by Gasteiger charge is -2.04. The molecular formula is C15H13NO3S. The number of amides is 1. The lowest BCUT2D eigenvalue weighted by Crippen LogP contribution is -2.08. The molecule has 1 heterocycles. The minimum Gasteiger partial charge on any atom is -0.481 e. The highest BCUT2D eigenvalue weighted by Crippen LogP contribution is 2.13. The predicted molar refractivity (Wildman–Crippen MR) is 79.8 cm³/mol. The molecular weight excluding hydrogens is 274 g/mol. The maximum Gasteiger partial charge on any atom is 0.307 e. The molecule has 2 rings (SSSR count). The molecule has 20 heavy (non-hydrogen) atoms. The van der Waals surface area contributed by atoms with E-state index in [9.17, 15) is 9.59 Å². The maximum atomic E-state index is 11.7. The Bertz CT molecular complexity index is 632. The van der Waals surface area contributed by atoms with E-state index in [0.717, 1.165) is 4.88 Å². The third-order valence-electron chi connectivity index (χ3n) is 2.49. The Kier molecular flexibility index (Phi) is 4.68. The van der Waals surface area contributed by atoms with Gasteiger partial charge in [0.2, 0.25) is 5.91 Å². The van der Waals surface area contributed by atoms with Crippen LogP contribution in [0.15, 0.2) is 47.9 Å². The fraction of sp³-hybridized carbons (Fsp3) is 0.0667. The molecule has 4 nitrogen and oxygen atoms in total. The quantitative estimate of drug-likeness (QED) is 0.831. The van der Waals surface area contributed by atoms with Crippen LogP contribution in [0.3, 0.4) is 0 Å². The van der Waals surface area contributed by atoms with Crippen molar-refractivity contribution in [3.05, 3.63) is 58.3 Å². The molecule has 0 bridgehead atoms. The van der Waals surface area contributed by atoms with Crippen LogP contribution in [-0.2, 0) is 16.0 Å². The summed E-state index contributed by atoms with van der Waals surface area (Å²) in [5.74, 6) is -1.14. The minimum absolute atomic E-state index is 0.0608. The molecule has 1 aromatic heterocycles. The third kappa shape index (κ3) is 4.37. The summed E-state index contributed by atoms with van der Waals surface area (Å²) in [4.78, 5) is 23.4. The second-order valence-electron chi connectivity index (χ2n) is 4.11. The summed E-state index contributed by atoms with van der Waals surface area (Å²) in [6.07, 6.45) is 3.13. The van der Waals surface area contributed by atoms with Crippen LogP contribution in [0.5, 0.6) is 0 Å². The Morgan fingerprint density at radius 2 is 2.10 bits per heavy atom. The van der Waals surface area contributed by atoms with E-state index in [0.29, 0.717) is 11.3 Å². The highest BCUT2D eigenvalue weighted by atomic mass is 32.1. The van der Waals surface area contributed by atoms with Gasteiger partial charge in [-0.25, -0.2) is 0 Å². The van der Waals surface area contributed by atoms with Gasteiger partial charge in [0.05, 0.1) is 6.42 Å². The van der Waals surface area contributed by atoms with Crippen molar-refractivity contribution in [3.8, 4) is 0 Å². The summed E-state index contributed by atoms with van der Waals surface area (Å²) < 4.78 is 0. The van der Waals surface area contributed by atoms with Crippen molar-refractivity contribution >= 4 is 35.0 Å². The van der Waals surface area contributed by atoms with E-state index in [1.165, 1.54) is 6.08 Å². The Labute approximate surface area is 120 Å². The van der Waals surface area contributed by atoms with Crippen molar-refractivity contribution in [3.63, 3.8) is 0 Å². The van der Waals surface area contributed by atoms with Crippen molar-refractivity contribution in [1.29, 1.82) is 0 Å². The molecule has 0 aliphatic rings. The molecule has 1 aromatic carbocycles. The Hall–Kier alpha value is -2.40. The summed E-state index contributed by atoms with van der Waals surface area (Å²) >= 11 is 1.55. The van der Waals surface area contributed by atoms with Crippen LogP contribution in [0.25, 0.3) is 6.08 Å². The fourth-order valence-corrected chi connectivity index (χ4v) is 2.28. The second-order valence-corrected chi connectivity index (χ2v) is 5.09. The number of hydrogen-bond donors (Lipinski definition) is 2. The zero-order valence-electron chi connectivity index (χ0n) is 10.6. The van der Waals surface area contributed by atoms with E-state index in [1.54, 1.807) is 41.7 Å². The molecule has 2 N–H and O–H groups in total. The fourth-order valence-electron chi connectivity index (χ4n) is 1.66. The number of carboxylic acids is 1. The van der Waals surface area contributed by atoms with Crippen LogP contribution in [0.2, 0.25) is 0 Å². The number of carbonyl (C=O) groups is 2. The first-order chi connectivity index (χ1) is 9.63. The molecule has 0 aliphatic carbocycles. The predicted octanol–water partition coefficient (Wildman–Crippen LogP) is 3.03. The van der Waals surface area contributed by atoms with Crippen molar-refractivity contribution in [2.75, 3.05) is 5.32 Å². The van der Waals surface area contributed by atoms with Crippen molar-refractivity contribution < 1.29 is 14.7 Å². The Morgan fingerprint density at radius 3 is 2.80 bits per heavy atom. The molecule has 0 saturated heterocycles. The molecule has 0 aliphatic heterocycles. The highest BCUT2D eigenvalue weighted by molar-refractivity contribution is 7.10. The van der Waals surface area contributed by atoms with E-state index in [2.05, 4.69) is 5.32 Å². The van der Waals surface area contributed by atoms with Gasteiger partial charge < -0.3 is 10.4 Å². The van der Waals surface area contributed by atoms with Gasteiger partial charge in [0, 0.05) is 16.6 Å². The number of nitrogens with one attached hydrogen (secondary N) is 1. The summed E-state index contributed by atoms with van der Waals surface area (Å²) in [7, 11) is 0. The van der Waals surface area contributed by atoms with Gasteiger partial charge in [-0.05, 0) is 35.2 Å². The number of carbonyl (C=O) groups excluding carboxylic acids is 1. The van der Waals surface area contributed by atoms with E-state index in [1.807, 2.05) is 17.5 Å². The first kappa shape index (κ1) is 14.0. The molecule has 0 fully saturated rings. The first-order valence-electron chi connectivity index (χ1n) is 5.97. The minimum atomic E-state index is -0.897. The summed E-state index contributed by atoms with van der Waals surface area (Å²) in [6.45, 7) is 0. The summed E-state index contributed by atoms with van der Waals surface area (Å²) in [5.41, 5.74) is 1.24. The zero-order chi connectivity index (χ0) is 14.4. The van der Waals surface area contributed by atoms with E-state index in [-0.39, 0.29) is 12.3 Å². The molecule has 2 aromatic rings. The highest BCUT2D eigenvalue weighted by Gasteiger charge is 2.03. The number of carboxylic acid groups (broad SMARTS) is 1. The van der Waals surface area contributed by atoms with Gasteiger partial charge in [0.15, 0.2) is 0 Å². The standard InChI is InChI=1S/C15H13NO3S/c17-14(7-6-13-5-2-8-20-13)16-12-4-1-3-11(9-12)10-15(18)19/h1-9H,10H2,(H,16,17)(H,18,19). The number of anilines is 1. The first-order valence-corrected chi connectivity index (χ1v) is 6.85. The SMILES string of the molecule is O=C(O)Cc1cccc(NC(=O)C=Cc2cccs2)c1. The molecule has 0 radical (unpaired) electrons. The lowest BCUT2D eigenvalue weighted by atomic mass is 10.1. The van der Waals surface area contributed by atoms with Crippen LogP contribution >= 0.6 is 11.3 Å². The number of hydrogen-bond acceptors (Lipinski definition) is 3. The van der Waals surface area contributed by atoms with Gasteiger partial charge in [-0.15, -0.1) is 11.3 Å². The van der Waals surface area contributed by atoms with Crippen LogP contribution in [0.1, 0.15) is 10.4 Å². The molecule has 0 saturated carbocycles. The number of thiophene rings is 1. The lowest BCUT2D eigenvalue weighted by molar-refractivity contribution is -0.136. The Morgan fingerprint density at radius 1 is 1.25 bits per heavy atom.